The Kier molecular flexibility index (Phi) is 7.20. The quantitative estimate of drug-likeness (QED) is 0.399. The van der Waals surface area contributed by atoms with Gasteiger partial charge in [0.25, 0.3) is 0 Å². The average Bonchev–Trinajstić information content (AvgIpc) is 2.76. The number of nitrogens with zero attached hydrogens (tertiary/aromatic N) is 2. The normalized spacial score (nSPS) is 11.4. The van der Waals surface area contributed by atoms with E-state index in [9.17, 15) is 9.59 Å². The van der Waals surface area contributed by atoms with Crippen molar-refractivity contribution in [3.63, 3.8) is 0 Å². The lowest BCUT2D eigenvalue weighted by molar-refractivity contribution is -0.127. The third-order valence-corrected chi connectivity index (χ3v) is 4.69. The Morgan fingerprint density at radius 1 is 0.828 bits per heavy atom. The van der Waals surface area contributed by atoms with Gasteiger partial charge in [0, 0.05) is 29.8 Å². The molecule has 3 aromatic rings. The van der Waals surface area contributed by atoms with Crippen molar-refractivity contribution >= 4 is 35.3 Å². The summed E-state index contributed by atoms with van der Waals surface area (Å²) in [4.78, 5) is 33.8. The van der Waals surface area contributed by atoms with Crippen molar-refractivity contribution in [2.24, 2.45) is 5.92 Å². The van der Waals surface area contributed by atoms with Crippen LogP contribution in [0.2, 0.25) is 5.02 Å². The van der Waals surface area contributed by atoms with E-state index in [0.717, 1.165) is 16.7 Å². The Balaban J connectivity index is 1.83. The fraction of sp³-hybridized carbons (Fsp3) is 0.0833. The van der Waals surface area contributed by atoms with E-state index >= 15 is 0 Å². The molecule has 4 nitrogen and oxygen atoms in total. The summed E-state index contributed by atoms with van der Waals surface area (Å²) in [5.41, 5.74) is 2.33. The first-order chi connectivity index (χ1) is 14.1. The molecule has 0 aliphatic carbocycles. The lowest BCUT2D eigenvalue weighted by Crippen LogP contribution is -2.23. The summed E-state index contributed by atoms with van der Waals surface area (Å²) >= 11 is 6.25. The Bertz CT molecular complexity index is 970. The van der Waals surface area contributed by atoms with E-state index in [4.69, 9.17) is 11.6 Å². The highest BCUT2D eigenvalue weighted by molar-refractivity contribution is 6.31. The molecule has 0 aliphatic rings. The second-order valence-electron chi connectivity index (χ2n) is 6.39. The van der Waals surface area contributed by atoms with Crippen molar-refractivity contribution in [1.29, 1.82) is 0 Å². The second-order valence-corrected chi connectivity index (χ2v) is 6.80. The number of hydrogen-bond acceptors (Lipinski definition) is 4. The molecule has 2 aromatic heterocycles. The van der Waals surface area contributed by atoms with Crippen LogP contribution < -0.4 is 0 Å². The van der Waals surface area contributed by atoms with Crippen LogP contribution in [0.1, 0.15) is 16.7 Å². The smallest absolute Gasteiger partial charge is 0.166 e. The van der Waals surface area contributed by atoms with Crippen LogP contribution in [-0.2, 0) is 16.0 Å². The zero-order valence-corrected chi connectivity index (χ0v) is 16.4. The van der Waals surface area contributed by atoms with Crippen molar-refractivity contribution in [3.8, 4) is 0 Å². The highest BCUT2D eigenvalue weighted by Gasteiger charge is 2.24. The lowest BCUT2D eigenvalue weighted by atomic mass is 9.90. The number of hydrogen-bond donors (Lipinski definition) is 0. The number of rotatable bonds is 8. The molecule has 29 heavy (non-hydrogen) atoms. The zero-order valence-electron chi connectivity index (χ0n) is 15.6. The summed E-state index contributed by atoms with van der Waals surface area (Å²) in [5.74, 6) is -1.43. The Labute approximate surface area is 174 Å². The first-order valence-electron chi connectivity index (χ1n) is 9.11. The molecule has 0 aliphatic heterocycles. The molecule has 0 unspecified atom stereocenters. The molecule has 2 heterocycles. The van der Waals surface area contributed by atoms with Crippen LogP contribution in [0, 0.1) is 5.92 Å². The maximum absolute atomic E-state index is 12.9. The van der Waals surface area contributed by atoms with Crippen molar-refractivity contribution in [2.75, 3.05) is 0 Å². The van der Waals surface area contributed by atoms with Gasteiger partial charge in [0.2, 0.25) is 0 Å². The van der Waals surface area contributed by atoms with Crippen molar-refractivity contribution in [1.82, 2.24) is 9.97 Å². The van der Waals surface area contributed by atoms with E-state index in [1.807, 2.05) is 30.3 Å². The number of halogens is 1. The number of carbonyl (C=O) groups excluding carboxylic acids is 2. The van der Waals surface area contributed by atoms with Gasteiger partial charge in [0.05, 0.1) is 5.92 Å². The molecule has 0 saturated carbocycles. The minimum atomic E-state index is -0.865. The molecule has 0 bridgehead atoms. The maximum Gasteiger partial charge on any atom is 0.166 e. The highest BCUT2D eigenvalue weighted by Crippen LogP contribution is 2.21. The van der Waals surface area contributed by atoms with E-state index in [0.29, 0.717) is 5.02 Å². The first kappa shape index (κ1) is 20.4. The molecule has 0 atom stereocenters. The molecule has 0 saturated heterocycles. The van der Waals surface area contributed by atoms with Gasteiger partial charge in [-0.15, -0.1) is 0 Å². The van der Waals surface area contributed by atoms with Gasteiger partial charge in [0.1, 0.15) is 0 Å². The van der Waals surface area contributed by atoms with Gasteiger partial charge in [-0.2, -0.15) is 0 Å². The standard InChI is InChI=1S/C24H19ClN2O2/c25-22-8-2-1-7-20(22)15-21(23(28)11-9-18-5-3-13-26-16-18)24(29)12-10-19-6-4-14-27-17-19/h1-14,16-17,21H,15H2/b11-9+,12-10+. The molecule has 1 aromatic carbocycles. The SMILES string of the molecule is O=C(/C=C/c1cccnc1)C(Cc1ccccc1Cl)C(=O)/C=C/c1cccnc1. The number of aromatic nitrogens is 2. The largest absolute Gasteiger partial charge is 0.294 e. The number of pyridine rings is 2. The van der Waals surface area contributed by atoms with Crippen LogP contribution in [-0.4, -0.2) is 21.5 Å². The van der Waals surface area contributed by atoms with Gasteiger partial charge < -0.3 is 0 Å². The Morgan fingerprint density at radius 3 is 1.86 bits per heavy atom. The fourth-order valence-corrected chi connectivity index (χ4v) is 2.98. The van der Waals surface area contributed by atoms with Crippen LogP contribution in [0.4, 0.5) is 0 Å². The van der Waals surface area contributed by atoms with E-state index in [2.05, 4.69) is 9.97 Å². The van der Waals surface area contributed by atoms with E-state index < -0.39 is 5.92 Å². The van der Waals surface area contributed by atoms with Gasteiger partial charge in [0.15, 0.2) is 11.6 Å². The number of carbonyl (C=O) groups is 2. The summed E-state index contributed by atoms with van der Waals surface area (Å²) in [6.45, 7) is 0. The van der Waals surface area contributed by atoms with Gasteiger partial charge in [-0.25, -0.2) is 0 Å². The van der Waals surface area contributed by atoms with Crippen LogP contribution >= 0.6 is 11.6 Å². The third kappa shape index (κ3) is 6.06. The molecule has 3 rings (SSSR count). The topological polar surface area (TPSA) is 59.9 Å². The number of allylic oxidation sites excluding steroid dienone is 2. The van der Waals surface area contributed by atoms with E-state index in [1.165, 1.54) is 12.2 Å². The molecule has 0 fully saturated rings. The zero-order chi connectivity index (χ0) is 20.5. The van der Waals surface area contributed by atoms with Gasteiger partial charge in [-0.3, -0.25) is 19.6 Å². The van der Waals surface area contributed by atoms with Crippen LogP contribution in [0.15, 0.2) is 85.5 Å². The monoisotopic (exact) mass is 402 g/mol. The Morgan fingerprint density at radius 2 is 1.38 bits per heavy atom. The van der Waals surface area contributed by atoms with Crippen LogP contribution in [0.3, 0.4) is 0 Å². The summed E-state index contributed by atoms with van der Waals surface area (Å²) in [6.07, 6.45) is 13.0. The van der Waals surface area contributed by atoms with Gasteiger partial charge in [-0.1, -0.05) is 41.9 Å². The average molecular weight is 403 g/mol. The molecule has 0 N–H and O–H groups in total. The number of ketones is 2. The van der Waals surface area contributed by atoms with Gasteiger partial charge in [-0.05, 0) is 65.6 Å². The maximum atomic E-state index is 12.9. The minimum absolute atomic E-state index is 0.228. The molecule has 0 radical (unpaired) electrons. The first-order valence-corrected chi connectivity index (χ1v) is 9.48. The predicted octanol–water partition coefficient (Wildman–Crippen LogP) is 4.85. The van der Waals surface area contributed by atoms with Crippen molar-refractivity contribution < 1.29 is 9.59 Å². The molecule has 0 amide bonds. The molecular weight excluding hydrogens is 384 g/mol. The summed E-state index contributed by atoms with van der Waals surface area (Å²) in [7, 11) is 0. The Hall–Kier alpha value is -3.37. The molecule has 0 spiro atoms. The summed E-state index contributed by atoms with van der Waals surface area (Å²) in [6, 6.07) is 14.5. The van der Waals surface area contributed by atoms with Crippen molar-refractivity contribution in [2.45, 2.75) is 6.42 Å². The highest BCUT2D eigenvalue weighted by atomic mass is 35.5. The fourth-order valence-electron chi connectivity index (χ4n) is 2.76. The van der Waals surface area contributed by atoms with Crippen molar-refractivity contribution in [3.05, 3.63) is 107 Å². The molecule has 5 heteroatoms. The number of benzene rings is 1. The minimum Gasteiger partial charge on any atom is -0.294 e. The predicted molar refractivity (Wildman–Crippen MR) is 115 cm³/mol. The van der Waals surface area contributed by atoms with Crippen LogP contribution in [0.25, 0.3) is 12.2 Å². The lowest BCUT2D eigenvalue weighted by Gasteiger charge is -2.12. The van der Waals surface area contributed by atoms with E-state index in [1.54, 1.807) is 55.1 Å². The molecule has 144 valence electrons. The van der Waals surface area contributed by atoms with Crippen LogP contribution in [0.5, 0.6) is 0 Å². The summed E-state index contributed by atoms with van der Waals surface area (Å²) in [5, 5.41) is 0.533. The van der Waals surface area contributed by atoms with Gasteiger partial charge >= 0.3 is 0 Å². The molecular formula is C24H19ClN2O2. The summed E-state index contributed by atoms with van der Waals surface area (Å²) < 4.78 is 0. The van der Waals surface area contributed by atoms with E-state index in [-0.39, 0.29) is 18.0 Å². The second kappa shape index (κ2) is 10.2. The third-order valence-electron chi connectivity index (χ3n) is 4.32.